The molecule has 0 aromatic carbocycles. The van der Waals surface area contributed by atoms with Gasteiger partial charge in [-0.25, -0.2) is 4.98 Å². The summed E-state index contributed by atoms with van der Waals surface area (Å²) in [6.45, 7) is 3.46. The Balaban J connectivity index is 1.82. The van der Waals surface area contributed by atoms with Crippen LogP contribution < -0.4 is 5.32 Å². The maximum absolute atomic E-state index is 11.3. The van der Waals surface area contributed by atoms with Crippen LogP contribution in [0.3, 0.4) is 0 Å². The van der Waals surface area contributed by atoms with E-state index in [1.165, 1.54) is 18.3 Å². The average molecular weight is 357 g/mol. The molecule has 0 aliphatic carbocycles. The lowest BCUT2D eigenvalue weighted by Crippen LogP contribution is -2.05. The average Bonchev–Trinajstić information content (AvgIpc) is 3.08. The summed E-state index contributed by atoms with van der Waals surface area (Å²) in [5, 5.41) is 8.12. The molecule has 0 unspecified atom stereocenters. The summed E-state index contributed by atoms with van der Waals surface area (Å²) in [4.78, 5) is 22.4. The van der Waals surface area contributed by atoms with Gasteiger partial charge in [-0.1, -0.05) is 11.3 Å². The number of fused-ring (bicyclic) bond motifs is 3. The Morgan fingerprint density at radius 2 is 2.21 bits per heavy atom. The number of aromatic nitrogens is 4. The number of anilines is 1. The van der Waals surface area contributed by atoms with Crippen LogP contribution in [0.25, 0.3) is 21.8 Å². The summed E-state index contributed by atoms with van der Waals surface area (Å²) < 4.78 is 1.89. The van der Waals surface area contributed by atoms with Crippen LogP contribution in [0.15, 0.2) is 23.2 Å². The monoisotopic (exact) mass is 357 g/mol. The van der Waals surface area contributed by atoms with Gasteiger partial charge in [0.25, 0.3) is 0 Å². The standard InChI is InChI=1S/C16H15N5OS2/c1-8-4-5-10(6-17-8)12-15-13(21(3)20-12)14-11(7-23-15)19-16(24-14)18-9(2)22/h4-6H,7H2,1-3H3,(H,18,19,22). The maximum atomic E-state index is 11.3. The highest BCUT2D eigenvalue weighted by molar-refractivity contribution is 7.99. The highest BCUT2D eigenvalue weighted by Gasteiger charge is 2.28. The van der Waals surface area contributed by atoms with Crippen LogP contribution >= 0.6 is 23.1 Å². The molecule has 0 saturated heterocycles. The third kappa shape index (κ3) is 2.51. The van der Waals surface area contributed by atoms with Gasteiger partial charge in [0.1, 0.15) is 5.69 Å². The van der Waals surface area contributed by atoms with E-state index in [-0.39, 0.29) is 5.91 Å². The van der Waals surface area contributed by atoms with E-state index in [9.17, 15) is 4.79 Å². The molecule has 3 aromatic rings. The minimum absolute atomic E-state index is 0.106. The molecular weight excluding hydrogens is 342 g/mol. The SMILES string of the molecule is CC(=O)Nc1nc2c(s1)-c1c(c(-c3ccc(C)nc3)nn1C)SC2. The zero-order valence-electron chi connectivity index (χ0n) is 13.5. The van der Waals surface area contributed by atoms with Crippen molar-refractivity contribution in [3.05, 3.63) is 29.7 Å². The molecule has 1 N–H and O–H groups in total. The van der Waals surface area contributed by atoms with Crippen LogP contribution in [0, 0.1) is 6.92 Å². The lowest BCUT2D eigenvalue weighted by Gasteiger charge is -2.11. The molecule has 1 aliphatic heterocycles. The van der Waals surface area contributed by atoms with Crippen molar-refractivity contribution in [3.8, 4) is 21.8 Å². The van der Waals surface area contributed by atoms with Crippen molar-refractivity contribution in [3.63, 3.8) is 0 Å². The first-order valence-electron chi connectivity index (χ1n) is 7.43. The molecule has 4 rings (SSSR count). The maximum Gasteiger partial charge on any atom is 0.223 e. The van der Waals surface area contributed by atoms with Gasteiger partial charge in [-0.05, 0) is 19.1 Å². The fraction of sp³-hybridized carbons (Fsp3) is 0.250. The molecule has 0 atom stereocenters. The molecule has 122 valence electrons. The van der Waals surface area contributed by atoms with Gasteiger partial charge in [0.05, 0.1) is 21.2 Å². The second kappa shape index (κ2) is 5.71. The van der Waals surface area contributed by atoms with Crippen LogP contribution in [0.5, 0.6) is 0 Å². The Kier molecular flexibility index (Phi) is 3.65. The van der Waals surface area contributed by atoms with Crippen molar-refractivity contribution in [1.29, 1.82) is 0 Å². The van der Waals surface area contributed by atoms with Crippen molar-refractivity contribution in [1.82, 2.24) is 19.7 Å². The van der Waals surface area contributed by atoms with Crippen LogP contribution in [0.4, 0.5) is 5.13 Å². The Bertz CT molecular complexity index is 942. The quantitative estimate of drug-likeness (QED) is 0.760. The fourth-order valence-corrected chi connectivity index (χ4v) is 5.09. The summed E-state index contributed by atoms with van der Waals surface area (Å²) in [5.41, 5.74) is 5.01. The molecule has 0 spiro atoms. The summed E-state index contributed by atoms with van der Waals surface area (Å²) in [6.07, 6.45) is 1.86. The van der Waals surface area contributed by atoms with Crippen LogP contribution in [-0.4, -0.2) is 25.7 Å². The molecule has 0 radical (unpaired) electrons. The van der Waals surface area contributed by atoms with E-state index in [1.807, 2.05) is 30.9 Å². The number of carbonyl (C=O) groups is 1. The van der Waals surface area contributed by atoms with Crippen LogP contribution in [0.1, 0.15) is 18.3 Å². The smallest absolute Gasteiger partial charge is 0.223 e. The first-order valence-corrected chi connectivity index (χ1v) is 9.23. The van der Waals surface area contributed by atoms with E-state index in [4.69, 9.17) is 5.10 Å². The Morgan fingerprint density at radius 3 is 2.92 bits per heavy atom. The highest BCUT2D eigenvalue weighted by atomic mass is 32.2. The predicted molar refractivity (Wildman–Crippen MR) is 96.1 cm³/mol. The van der Waals surface area contributed by atoms with Crippen molar-refractivity contribution in [2.24, 2.45) is 7.05 Å². The molecule has 8 heteroatoms. The zero-order valence-corrected chi connectivity index (χ0v) is 15.1. The van der Waals surface area contributed by atoms with E-state index in [0.29, 0.717) is 5.13 Å². The zero-order chi connectivity index (χ0) is 16.8. The highest BCUT2D eigenvalue weighted by Crippen LogP contribution is 2.48. The van der Waals surface area contributed by atoms with E-state index in [1.54, 1.807) is 11.8 Å². The fourth-order valence-electron chi connectivity index (χ4n) is 2.67. The van der Waals surface area contributed by atoms with E-state index in [0.717, 1.165) is 43.9 Å². The first kappa shape index (κ1) is 15.3. The van der Waals surface area contributed by atoms with Gasteiger partial charge in [0.15, 0.2) is 5.13 Å². The lowest BCUT2D eigenvalue weighted by atomic mass is 10.1. The molecule has 4 heterocycles. The molecule has 24 heavy (non-hydrogen) atoms. The normalized spacial score (nSPS) is 12.6. The third-order valence-electron chi connectivity index (χ3n) is 3.74. The summed E-state index contributed by atoms with van der Waals surface area (Å²) >= 11 is 3.23. The van der Waals surface area contributed by atoms with Crippen molar-refractivity contribution >= 4 is 34.1 Å². The molecule has 0 fully saturated rings. The Hall–Kier alpha value is -2.19. The van der Waals surface area contributed by atoms with Crippen molar-refractivity contribution in [2.75, 3.05) is 5.32 Å². The number of thiazole rings is 1. The summed E-state index contributed by atoms with van der Waals surface area (Å²) in [5.74, 6) is 0.668. The van der Waals surface area contributed by atoms with Crippen molar-refractivity contribution in [2.45, 2.75) is 24.5 Å². The first-order chi connectivity index (χ1) is 11.5. The summed E-state index contributed by atoms with van der Waals surface area (Å²) in [6, 6.07) is 4.05. The molecule has 1 amide bonds. The number of thioether (sulfide) groups is 1. The Labute approximate surface area is 147 Å². The van der Waals surface area contributed by atoms with Gasteiger partial charge >= 0.3 is 0 Å². The van der Waals surface area contributed by atoms with Gasteiger partial charge in [-0.3, -0.25) is 14.5 Å². The number of hydrogen-bond acceptors (Lipinski definition) is 6. The van der Waals surface area contributed by atoms with Gasteiger partial charge in [0.2, 0.25) is 5.91 Å². The van der Waals surface area contributed by atoms with E-state index in [2.05, 4.69) is 21.4 Å². The molecule has 1 aliphatic rings. The van der Waals surface area contributed by atoms with Gasteiger partial charge in [-0.15, -0.1) is 11.8 Å². The number of nitrogens with one attached hydrogen (secondary N) is 1. The van der Waals surface area contributed by atoms with E-state index >= 15 is 0 Å². The minimum Gasteiger partial charge on any atom is -0.302 e. The number of carbonyl (C=O) groups excluding carboxylic acids is 1. The number of rotatable bonds is 2. The summed E-state index contributed by atoms with van der Waals surface area (Å²) in [7, 11) is 1.94. The number of aryl methyl sites for hydroxylation is 2. The molecule has 6 nitrogen and oxygen atoms in total. The molecule has 0 saturated carbocycles. The minimum atomic E-state index is -0.106. The molecule has 3 aromatic heterocycles. The largest absolute Gasteiger partial charge is 0.302 e. The Morgan fingerprint density at radius 1 is 1.38 bits per heavy atom. The number of pyridine rings is 1. The number of amides is 1. The number of nitrogens with zero attached hydrogens (tertiary/aromatic N) is 4. The van der Waals surface area contributed by atoms with Crippen LogP contribution in [0.2, 0.25) is 0 Å². The number of hydrogen-bond donors (Lipinski definition) is 1. The van der Waals surface area contributed by atoms with Gasteiger partial charge < -0.3 is 5.32 Å². The van der Waals surface area contributed by atoms with Crippen LogP contribution in [-0.2, 0) is 17.6 Å². The topological polar surface area (TPSA) is 72.7 Å². The lowest BCUT2D eigenvalue weighted by molar-refractivity contribution is -0.114. The second-order valence-corrected chi connectivity index (χ2v) is 7.59. The van der Waals surface area contributed by atoms with E-state index < -0.39 is 0 Å². The predicted octanol–water partition coefficient (Wildman–Crippen LogP) is 3.48. The van der Waals surface area contributed by atoms with Gasteiger partial charge in [-0.2, -0.15) is 5.10 Å². The molecular formula is C16H15N5OS2. The third-order valence-corrected chi connectivity index (χ3v) is 5.85. The van der Waals surface area contributed by atoms with Crippen molar-refractivity contribution < 1.29 is 4.79 Å². The second-order valence-electron chi connectivity index (χ2n) is 5.60. The van der Waals surface area contributed by atoms with Gasteiger partial charge in [0, 0.05) is 37.2 Å². The molecule has 0 bridgehead atoms.